The number of anilines is 2. The van der Waals surface area contributed by atoms with Crippen LogP contribution in [0.3, 0.4) is 0 Å². The smallest absolute Gasteiger partial charge is 0.248 e. The number of benzene rings is 2. The van der Waals surface area contributed by atoms with Crippen molar-refractivity contribution in [2.75, 3.05) is 17.7 Å². The van der Waals surface area contributed by atoms with Crippen LogP contribution in [-0.2, 0) is 9.59 Å². The van der Waals surface area contributed by atoms with E-state index in [-0.39, 0.29) is 18.2 Å². The van der Waals surface area contributed by atoms with Gasteiger partial charge in [-0.2, -0.15) is 0 Å². The second-order valence-electron chi connectivity index (χ2n) is 5.90. The molecule has 2 aromatic carbocycles. The molecule has 1 atom stereocenters. The minimum atomic E-state index is -0.727. The molecule has 1 aliphatic heterocycles. The van der Waals surface area contributed by atoms with Gasteiger partial charge in [-0.25, -0.2) is 4.98 Å². The molecule has 2 amide bonds. The van der Waals surface area contributed by atoms with E-state index in [0.29, 0.717) is 27.9 Å². The van der Waals surface area contributed by atoms with Gasteiger partial charge in [0.25, 0.3) is 0 Å². The lowest BCUT2D eigenvalue weighted by Gasteiger charge is -2.25. The number of para-hydroxylation sites is 2. The Balaban J connectivity index is 1.74. The quantitative estimate of drug-likeness (QED) is 0.741. The molecular formula is C18H15ClN4O3. The fourth-order valence-electron chi connectivity index (χ4n) is 3.09. The van der Waals surface area contributed by atoms with Gasteiger partial charge >= 0.3 is 0 Å². The number of carbonyl (C=O) groups excluding carboxylic acids is 2. The standard InChI is InChI=1S/C18H15ClN4O3/c1-26-15-7-6-10(19)8-12(15)20-17(25)14-9-16(24)22-18-21-11-4-2-3-5-13(11)23(14)18/h2-8,14H,9H2,1H3,(H,20,25)(H,21,22,24). The molecule has 2 N–H and O–H groups in total. The van der Waals surface area contributed by atoms with Crippen molar-refractivity contribution in [1.29, 1.82) is 0 Å². The molecule has 1 aromatic heterocycles. The normalized spacial score (nSPS) is 16.1. The SMILES string of the molecule is COc1ccc(Cl)cc1NC(=O)C1CC(=O)Nc2nc3ccccc3n21. The first kappa shape index (κ1) is 16.4. The van der Waals surface area contributed by atoms with Crippen molar-refractivity contribution in [3.8, 4) is 5.75 Å². The van der Waals surface area contributed by atoms with E-state index in [1.165, 1.54) is 7.11 Å². The van der Waals surface area contributed by atoms with Crippen LogP contribution in [0.25, 0.3) is 11.0 Å². The summed E-state index contributed by atoms with van der Waals surface area (Å²) in [6.07, 6.45) is 0.0159. The summed E-state index contributed by atoms with van der Waals surface area (Å²) >= 11 is 6.02. The first-order valence-corrected chi connectivity index (χ1v) is 8.36. The van der Waals surface area contributed by atoms with E-state index in [0.717, 1.165) is 5.52 Å². The topological polar surface area (TPSA) is 85.2 Å². The number of aromatic nitrogens is 2. The molecule has 0 saturated heterocycles. The van der Waals surface area contributed by atoms with E-state index < -0.39 is 6.04 Å². The highest BCUT2D eigenvalue weighted by molar-refractivity contribution is 6.31. The lowest BCUT2D eigenvalue weighted by molar-refractivity contribution is -0.124. The number of methoxy groups -OCH3 is 1. The van der Waals surface area contributed by atoms with Crippen molar-refractivity contribution in [3.63, 3.8) is 0 Å². The maximum absolute atomic E-state index is 13.0. The second kappa shape index (κ2) is 6.34. The van der Waals surface area contributed by atoms with Gasteiger partial charge in [0.05, 0.1) is 30.3 Å². The average molecular weight is 371 g/mol. The van der Waals surface area contributed by atoms with Crippen molar-refractivity contribution < 1.29 is 14.3 Å². The molecule has 3 aromatic rings. The number of rotatable bonds is 3. The average Bonchev–Trinajstić information content (AvgIpc) is 2.99. The number of carbonyl (C=O) groups is 2. The van der Waals surface area contributed by atoms with Crippen LogP contribution in [0.15, 0.2) is 42.5 Å². The Hall–Kier alpha value is -3.06. The Bertz CT molecular complexity index is 1030. The van der Waals surface area contributed by atoms with Crippen molar-refractivity contribution >= 4 is 46.1 Å². The van der Waals surface area contributed by atoms with Gasteiger partial charge < -0.3 is 10.1 Å². The minimum absolute atomic E-state index is 0.0159. The van der Waals surface area contributed by atoms with Crippen LogP contribution >= 0.6 is 11.6 Å². The summed E-state index contributed by atoms with van der Waals surface area (Å²) < 4.78 is 7.00. The van der Waals surface area contributed by atoms with Crippen molar-refractivity contribution in [3.05, 3.63) is 47.5 Å². The third kappa shape index (κ3) is 2.76. The zero-order chi connectivity index (χ0) is 18.3. The molecule has 0 aliphatic carbocycles. The predicted octanol–water partition coefficient (Wildman–Crippen LogP) is 3.22. The van der Waals surface area contributed by atoms with Crippen molar-refractivity contribution in [2.45, 2.75) is 12.5 Å². The molecule has 0 bridgehead atoms. The van der Waals surface area contributed by atoms with Gasteiger partial charge in [-0.1, -0.05) is 23.7 Å². The van der Waals surface area contributed by atoms with E-state index in [1.807, 2.05) is 24.3 Å². The number of imidazole rings is 1. The summed E-state index contributed by atoms with van der Waals surface area (Å²) in [5.41, 5.74) is 1.94. The number of fused-ring (bicyclic) bond motifs is 3. The molecule has 1 unspecified atom stereocenters. The highest BCUT2D eigenvalue weighted by Crippen LogP contribution is 2.33. The predicted molar refractivity (Wildman–Crippen MR) is 98.7 cm³/mol. The number of ether oxygens (including phenoxy) is 1. The highest BCUT2D eigenvalue weighted by atomic mass is 35.5. The summed E-state index contributed by atoms with van der Waals surface area (Å²) in [5, 5.41) is 6.00. The Morgan fingerprint density at radius 3 is 2.96 bits per heavy atom. The van der Waals surface area contributed by atoms with Crippen LogP contribution in [0.1, 0.15) is 12.5 Å². The van der Waals surface area contributed by atoms with Crippen molar-refractivity contribution in [1.82, 2.24) is 9.55 Å². The monoisotopic (exact) mass is 370 g/mol. The van der Waals surface area contributed by atoms with Crippen LogP contribution < -0.4 is 15.4 Å². The first-order chi connectivity index (χ1) is 12.6. The molecule has 132 valence electrons. The van der Waals surface area contributed by atoms with E-state index in [4.69, 9.17) is 16.3 Å². The fourth-order valence-corrected chi connectivity index (χ4v) is 3.27. The number of nitrogens with zero attached hydrogens (tertiary/aromatic N) is 2. The Morgan fingerprint density at radius 2 is 2.15 bits per heavy atom. The van der Waals surface area contributed by atoms with E-state index in [1.54, 1.807) is 22.8 Å². The van der Waals surface area contributed by atoms with Crippen molar-refractivity contribution in [2.24, 2.45) is 0 Å². The molecule has 0 fully saturated rings. The van der Waals surface area contributed by atoms with E-state index in [9.17, 15) is 9.59 Å². The van der Waals surface area contributed by atoms with E-state index >= 15 is 0 Å². The molecular weight excluding hydrogens is 356 g/mol. The van der Waals surface area contributed by atoms with Gasteiger partial charge in [0.2, 0.25) is 17.8 Å². The summed E-state index contributed by atoms with van der Waals surface area (Å²) in [7, 11) is 1.51. The molecule has 2 heterocycles. The summed E-state index contributed by atoms with van der Waals surface area (Å²) in [6, 6.07) is 11.6. The van der Waals surface area contributed by atoms with Gasteiger partial charge in [-0.15, -0.1) is 0 Å². The Labute approximate surface area is 153 Å². The summed E-state index contributed by atoms with van der Waals surface area (Å²) in [6.45, 7) is 0. The van der Waals surface area contributed by atoms with Crippen LogP contribution in [0.2, 0.25) is 5.02 Å². The molecule has 4 rings (SSSR count). The van der Waals surface area contributed by atoms with Gasteiger partial charge in [0.15, 0.2) is 0 Å². The van der Waals surface area contributed by atoms with Gasteiger partial charge in [-0.05, 0) is 30.3 Å². The molecule has 26 heavy (non-hydrogen) atoms. The molecule has 0 spiro atoms. The highest BCUT2D eigenvalue weighted by Gasteiger charge is 2.33. The second-order valence-corrected chi connectivity index (χ2v) is 6.33. The number of amides is 2. The summed E-state index contributed by atoms with van der Waals surface area (Å²) in [5.74, 6) is 0.246. The molecule has 1 aliphatic rings. The molecule has 0 radical (unpaired) electrons. The fraction of sp³-hybridized carbons (Fsp3) is 0.167. The third-order valence-corrected chi connectivity index (χ3v) is 4.49. The molecule has 0 saturated carbocycles. The lowest BCUT2D eigenvalue weighted by atomic mass is 10.1. The minimum Gasteiger partial charge on any atom is -0.495 e. The lowest BCUT2D eigenvalue weighted by Crippen LogP contribution is -2.35. The van der Waals surface area contributed by atoms with Gasteiger partial charge in [0.1, 0.15) is 11.8 Å². The number of hydrogen-bond acceptors (Lipinski definition) is 4. The summed E-state index contributed by atoms with van der Waals surface area (Å²) in [4.78, 5) is 29.4. The maximum atomic E-state index is 13.0. The van der Waals surface area contributed by atoms with Gasteiger partial charge in [-0.3, -0.25) is 19.5 Å². The molecule has 8 heteroatoms. The maximum Gasteiger partial charge on any atom is 0.248 e. The van der Waals surface area contributed by atoms with Gasteiger partial charge in [0, 0.05) is 5.02 Å². The third-order valence-electron chi connectivity index (χ3n) is 4.26. The zero-order valence-corrected chi connectivity index (χ0v) is 14.6. The zero-order valence-electron chi connectivity index (χ0n) is 13.8. The Morgan fingerprint density at radius 1 is 1.35 bits per heavy atom. The van der Waals surface area contributed by atoms with Crippen LogP contribution in [0.4, 0.5) is 11.6 Å². The largest absolute Gasteiger partial charge is 0.495 e. The number of nitrogens with one attached hydrogen (secondary N) is 2. The van der Waals surface area contributed by atoms with Crippen LogP contribution in [0, 0.1) is 0 Å². The van der Waals surface area contributed by atoms with Crippen LogP contribution in [0.5, 0.6) is 5.75 Å². The Kier molecular flexibility index (Phi) is 4.00. The first-order valence-electron chi connectivity index (χ1n) is 7.98. The molecule has 7 nitrogen and oxygen atoms in total. The number of halogens is 1. The number of hydrogen-bond donors (Lipinski definition) is 2. The van der Waals surface area contributed by atoms with Crippen LogP contribution in [-0.4, -0.2) is 28.5 Å². The van der Waals surface area contributed by atoms with E-state index in [2.05, 4.69) is 15.6 Å².